The summed E-state index contributed by atoms with van der Waals surface area (Å²) in [4.78, 5) is 15.7. The Labute approximate surface area is 315 Å². The second kappa shape index (κ2) is 12.3. The molecule has 11 aromatic rings. The Morgan fingerprint density at radius 3 is 1.80 bits per heavy atom. The molecule has 0 spiro atoms. The van der Waals surface area contributed by atoms with E-state index in [1.807, 2.05) is 6.07 Å². The number of hydrogen-bond donors (Lipinski definition) is 0. The summed E-state index contributed by atoms with van der Waals surface area (Å²) in [7, 11) is 0. The fourth-order valence-corrected chi connectivity index (χ4v) is 8.98. The molecule has 0 aliphatic rings. The third-order valence-corrected chi connectivity index (χ3v) is 11.6. The Morgan fingerprint density at radius 1 is 0.352 bits per heavy atom. The molecule has 5 heteroatoms. The van der Waals surface area contributed by atoms with E-state index in [4.69, 9.17) is 15.0 Å². The van der Waals surface area contributed by atoms with Crippen molar-refractivity contribution in [1.29, 1.82) is 0 Å². The molecule has 0 N–H and O–H groups in total. The molecule has 3 heterocycles. The van der Waals surface area contributed by atoms with Gasteiger partial charge in [-0.05, 0) is 64.4 Å². The summed E-state index contributed by atoms with van der Waals surface area (Å²) in [6.45, 7) is 0. The average molecular weight is 707 g/mol. The average Bonchev–Trinajstić information content (AvgIpc) is 3.78. The molecule has 0 atom stereocenters. The maximum absolute atomic E-state index is 5.27. The topological polar surface area (TPSA) is 43.6 Å². The Hall–Kier alpha value is -6.95. The molecule has 0 aliphatic carbocycles. The normalized spacial score (nSPS) is 11.7. The highest BCUT2D eigenvalue weighted by Crippen LogP contribution is 2.39. The van der Waals surface area contributed by atoms with Crippen molar-refractivity contribution in [1.82, 2.24) is 19.5 Å². The van der Waals surface area contributed by atoms with Crippen LogP contribution in [0.4, 0.5) is 0 Å². The van der Waals surface area contributed by atoms with E-state index in [0.717, 1.165) is 39.0 Å². The van der Waals surface area contributed by atoms with E-state index in [1.165, 1.54) is 47.3 Å². The smallest absolute Gasteiger partial charge is 0.166 e. The lowest BCUT2D eigenvalue weighted by Crippen LogP contribution is -2.03. The van der Waals surface area contributed by atoms with Crippen molar-refractivity contribution in [3.63, 3.8) is 0 Å². The summed E-state index contributed by atoms with van der Waals surface area (Å²) in [6, 6.07) is 64.5. The molecule has 252 valence electrons. The van der Waals surface area contributed by atoms with Crippen molar-refractivity contribution in [3.05, 3.63) is 182 Å². The molecule has 0 saturated heterocycles. The van der Waals surface area contributed by atoms with Gasteiger partial charge in [-0.15, -0.1) is 11.3 Å². The van der Waals surface area contributed by atoms with Crippen LogP contribution in [0.15, 0.2) is 182 Å². The van der Waals surface area contributed by atoms with Crippen LogP contribution in [0.3, 0.4) is 0 Å². The van der Waals surface area contributed by atoms with E-state index in [-0.39, 0.29) is 0 Å². The van der Waals surface area contributed by atoms with E-state index in [9.17, 15) is 0 Å². The number of rotatable bonds is 5. The van der Waals surface area contributed by atoms with Gasteiger partial charge in [-0.3, -0.25) is 0 Å². The molecule has 0 amide bonds. The van der Waals surface area contributed by atoms with E-state index in [2.05, 4.69) is 180 Å². The molecule has 0 bridgehead atoms. The van der Waals surface area contributed by atoms with Gasteiger partial charge in [0, 0.05) is 47.6 Å². The highest BCUT2D eigenvalue weighted by Gasteiger charge is 2.20. The van der Waals surface area contributed by atoms with Crippen LogP contribution in [-0.4, -0.2) is 19.5 Å². The van der Waals surface area contributed by atoms with Crippen molar-refractivity contribution >= 4 is 64.1 Å². The highest BCUT2D eigenvalue weighted by atomic mass is 32.1. The molecule has 54 heavy (non-hydrogen) atoms. The predicted molar refractivity (Wildman–Crippen MR) is 226 cm³/mol. The summed E-state index contributed by atoms with van der Waals surface area (Å²) in [5.74, 6) is 1.90. The van der Waals surface area contributed by atoms with Gasteiger partial charge in [0.05, 0.1) is 16.7 Å². The van der Waals surface area contributed by atoms with E-state index < -0.39 is 0 Å². The summed E-state index contributed by atoms with van der Waals surface area (Å²) in [6.07, 6.45) is 0. The van der Waals surface area contributed by atoms with Crippen molar-refractivity contribution < 1.29 is 0 Å². The number of aromatic nitrogens is 4. The van der Waals surface area contributed by atoms with Crippen LogP contribution in [0.25, 0.3) is 104 Å². The Bertz CT molecular complexity index is 3210. The first kappa shape index (κ1) is 30.7. The first-order valence-electron chi connectivity index (χ1n) is 18.1. The number of thiophene rings is 1. The van der Waals surface area contributed by atoms with Crippen LogP contribution in [-0.2, 0) is 0 Å². The SMILES string of the molecule is c1ccc(-c2ccc(-c3nc(-c4ccc5c(c4)sc4ccccc45)nc(-c4ccccc4-n4c5ccccc5c5cc6ccccc6cc54)n3)cc2)cc1. The van der Waals surface area contributed by atoms with Gasteiger partial charge >= 0.3 is 0 Å². The van der Waals surface area contributed by atoms with Crippen LogP contribution < -0.4 is 0 Å². The minimum atomic E-state index is 0.626. The number of hydrogen-bond acceptors (Lipinski definition) is 4. The molecule has 8 aromatic carbocycles. The summed E-state index contributed by atoms with van der Waals surface area (Å²) in [5, 5.41) is 7.36. The van der Waals surface area contributed by atoms with Gasteiger partial charge in [-0.1, -0.05) is 140 Å². The molecule has 0 radical (unpaired) electrons. The van der Waals surface area contributed by atoms with Crippen molar-refractivity contribution in [3.8, 4) is 51.0 Å². The minimum absolute atomic E-state index is 0.626. The molecule has 0 aliphatic heterocycles. The third kappa shape index (κ3) is 5.01. The molecule has 4 nitrogen and oxygen atoms in total. The van der Waals surface area contributed by atoms with Crippen molar-refractivity contribution in [2.75, 3.05) is 0 Å². The quantitative estimate of drug-likeness (QED) is 0.179. The monoisotopic (exact) mass is 706 g/mol. The van der Waals surface area contributed by atoms with Crippen LogP contribution >= 0.6 is 11.3 Å². The number of nitrogens with zero attached hydrogens (tertiary/aromatic N) is 4. The van der Waals surface area contributed by atoms with E-state index in [1.54, 1.807) is 11.3 Å². The number of fused-ring (bicyclic) bond motifs is 7. The summed E-state index contributed by atoms with van der Waals surface area (Å²) >= 11 is 1.80. The third-order valence-electron chi connectivity index (χ3n) is 10.4. The van der Waals surface area contributed by atoms with Gasteiger partial charge in [0.25, 0.3) is 0 Å². The van der Waals surface area contributed by atoms with Crippen molar-refractivity contribution in [2.24, 2.45) is 0 Å². The Morgan fingerprint density at radius 2 is 0.944 bits per heavy atom. The largest absolute Gasteiger partial charge is 0.308 e. The van der Waals surface area contributed by atoms with Crippen LogP contribution in [0.1, 0.15) is 0 Å². The fraction of sp³-hybridized carbons (Fsp3) is 0. The van der Waals surface area contributed by atoms with Crippen molar-refractivity contribution in [2.45, 2.75) is 0 Å². The fourth-order valence-electron chi connectivity index (χ4n) is 7.83. The van der Waals surface area contributed by atoms with Gasteiger partial charge in [0.1, 0.15) is 0 Å². The first-order valence-corrected chi connectivity index (χ1v) is 18.9. The van der Waals surface area contributed by atoms with Gasteiger partial charge in [0.2, 0.25) is 0 Å². The second-order valence-electron chi connectivity index (χ2n) is 13.6. The lowest BCUT2D eigenvalue weighted by Gasteiger charge is -2.15. The zero-order valence-corrected chi connectivity index (χ0v) is 29.8. The standard InChI is InChI=1S/C49H30N4S/c1-2-12-31(13-3-1)32-22-24-33(25-23-32)47-50-48(36-26-27-39-38-17-8-11-21-45(38)54-46(39)30-36)52-49(51-47)40-18-7-10-20-43(40)53-42-19-9-6-16-37(42)41-28-34-14-4-5-15-35(34)29-44(41)53/h1-30H. The van der Waals surface area contributed by atoms with Gasteiger partial charge < -0.3 is 4.57 Å². The van der Waals surface area contributed by atoms with Gasteiger partial charge in [-0.25, -0.2) is 15.0 Å². The molecular formula is C49H30N4S. The van der Waals surface area contributed by atoms with Crippen LogP contribution in [0.2, 0.25) is 0 Å². The van der Waals surface area contributed by atoms with E-state index >= 15 is 0 Å². The molecule has 0 fully saturated rings. The number of benzene rings is 8. The zero-order valence-electron chi connectivity index (χ0n) is 29.0. The first-order chi connectivity index (χ1) is 26.7. The maximum atomic E-state index is 5.27. The highest BCUT2D eigenvalue weighted by molar-refractivity contribution is 7.25. The molecule has 3 aromatic heterocycles. The lowest BCUT2D eigenvalue weighted by atomic mass is 10.0. The Balaban J connectivity index is 1.14. The number of para-hydroxylation sites is 2. The maximum Gasteiger partial charge on any atom is 0.166 e. The predicted octanol–water partition coefficient (Wildman–Crippen LogP) is 13.2. The van der Waals surface area contributed by atoms with Crippen LogP contribution in [0.5, 0.6) is 0 Å². The zero-order chi connectivity index (χ0) is 35.6. The summed E-state index contributed by atoms with van der Waals surface area (Å²) in [5.41, 5.74) is 8.44. The minimum Gasteiger partial charge on any atom is -0.308 e. The summed E-state index contributed by atoms with van der Waals surface area (Å²) < 4.78 is 4.85. The van der Waals surface area contributed by atoms with Crippen LogP contribution in [0, 0.1) is 0 Å². The van der Waals surface area contributed by atoms with E-state index in [0.29, 0.717) is 17.5 Å². The van der Waals surface area contributed by atoms with Gasteiger partial charge in [0.15, 0.2) is 17.5 Å². The second-order valence-corrected chi connectivity index (χ2v) is 14.7. The lowest BCUT2D eigenvalue weighted by molar-refractivity contribution is 1.07. The molecular weight excluding hydrogens is 677 g/mol. The molecule has 11 rings (SSSR count). The Kier molecular flexibility index (Phi) is 7.00. The van der Waals surface area contributed by atoms with Gasteiger partial charge in [-0.2, -0.15) is 0 Å². The molecule has 0 unspecified atom stereocenters. The molecule has 0 saturated carbocycles.